The SMILES string of the molecule is CC[C@@H](C(=O)NC)N(Cc1ccccc1C)C(=O)Cc1ccc(Cl)cc1. The zero-order valence-corrected chi connectivity index (χ0v) is 16.2. The summed E-state index contributed by atoms with van der Waals surface area (Å²) >= 11 is 5.92. The first-order chi connectivity index (χ1) is 12.5. The van der Waals surface area contributed by atoms with Gasteiger partial charge in [0.25, 0.3) is 0 Å². The van der Waals surface area contributed by atoms with Crippen LogP contribution in [0.1, 0.15) is 30.0 Å². The molecular weight excluding hydrogens is 348 g/mol. The van der Waals surface area contributed by atoms with E-state index in [-0.39, 0.29) is 18.2 Å². The molecule has 4 nitrogen and oxygen atoms in total. The Balaban J connectivity index is 2.29. The smallest absolute Gasteiger partial charge is 0.242 e. The van der Waals surface area contributed by atoms with Crippen molar-refractivity contribution in [3.05, 3.63) is 70.2 Å². The van der Waals surface area contributed by atoms with Crippen LogP contribution >= 0.6 is 11.6 Å². The minimum Gasteiger partial charge on any atom is -0.357 e. The lowest BCUT2D eigenvalue weighted by molar-refractivity contribution is -0.140. The van der Waals surface area contributed by atoms with Crippen molar-refractivity contribution >= 4 is 23.4 Å². The summed E-state index contributed by atoms with van der Waals surface area (Å²) in [6, 6.07) is 14.6. The van der Waals surface area contributed by atoms with E-state index in [0.717, 1.165) is 16.7 Å². The van der Waals surface area contributed by atoms with Crippen LogP contribution in [0.25, 0.3) is 0 Å². The molecule has 2 rings (SSSR count). The number of nitrogens with one attached hydrogen (secondary N) is 1. The fourth-order valence-electron chi connectivity index (χ4n) is 2.94. The molecule has 0 radical (unpaired) electrons. The van der Waals surface area contributed by atoms with Gasteiger partial charge in [0.2, 0.25) is 11.8 Å². The molecule has 138 valence electrons. The third-order valence-corrected chi connectivity index (χ3v) is 4.75. The van der Waals surface area contributed by atoms with E-state index in [1.54, 1.807) is 24.1 Å². The van der Waals surface area contributed by atoms with Crippen molar-refractivity contribution in [1.82, 2.24) is 10.2 Å². The zero-order valence-electron chi connectivity index (χ0n) is 15.5. The van der Waals surface area contributed by atoms with Crippen molar-refractivity contribution < 1.29 is 9.59 Å². The second kappa shape index (κ2) is 9.39. The van der Waals surface area contributed by atoms with Gasteiger partial charge in [0.05, 0.1) is 6.42 Å². The van der Waals surface area contributed by atoms with E-state index in [9.17, 15) is 9.59 Å². The Morgan fingerprint density at radius 2 is 1.77 bits per heavy atom. The molecule has 0 aliphatic heterocycles. The fraction of sp³-hybridized carbons (Fsp3) is 0.333. The molecule has 2 aromatic carbocycles. The Morgan fingerprint density at radius 1 is 1.12 bits per heavy atom. The standard InChI is InChI=1S/C21H25ClN2O2/c1-4-19(21(26)23-3)24(14-17-8-6-5-7-15(17)2)20(25)13-16-9-11-18(22)12-10-16/h5-12,19H,4,13-14H2,1-3H3,(H,23,26)/t19-/m0/s1. The zero-order chi connectivity index (χ0) is 19.1. The summed E-state index contributed by atoms with van der Waals surface area (Å²) in [6.07, 6.45) is 0.786. The lowest BCUT2D eigenvalue weighted by Gasteiger charge is -2.31. The minimum absolute atomic E-state index is 0.0778. The van der Waals surface area contributed by atoms with Crippen molar-refractivity contribution in [2.45, 2.75) is 39.3 Å². The third-order valence-electron chi connectivity index (χ3n) is 4.50. The maximum absolute atomic E-state index is 13.0. The predicted molar refractivity (Wildman–Crippen MR) is 105 cm³/mol. The first-order valence-corrected chi connectivity index (χ1v) is 9.14. The highest BCUT2D eigenvalue weighted by Gasteiger charge is 2.28. The van der Waals surface area contributed by atoms with Crippen LogP contribution in [-0.2, 0) is 22.6 Å². The summed E-state index contributed by atoms with van der Waals surface area (Å²) < 4.78 is 0. The lowest BCUT2D eigenvalue weighted by Crippen LogP contribution is -2.48. The van der Waals surface area contributed by atoms with Gasteiger partial charge in [0.1, 0.15) is 6.04 Å². The van der Waals surface area contributed by atoms with Crippen LogP contribution in [0.15, 0.2) is 48.5 Å². The van der Waals surface area contributed by atoms with Crippen molar-refractivity contribution in [1.29, 1.82) is 0 Å². The Bertz CT molecular complexity index is 759. The average Bonchev–Trinajstić information content (AvgIpc) is 2.64. The average molecular weight is 373 g/mol. The van der Waals surface area contributed by atoms with Crippen molar-refractivity contribution in [3.63, 3.8) is 0 Å². The van der Waals surface area contributed by atoms with Gasteiger partial charge in [-0.15, -0.1) is 0 Å². The Kier molecular flexibility index (Phi) is 7.22. The first kappa shape index (κ1) is 20.0. The van der Waals surface area contributed by atoms with Gasteiger partial charge in [-0.3, -0.25) is 9.59 Å². The van der Waals surface area contributed by atoms with Crippen molar-refractivity contribution in [3.8, 4) is 0 Å². The number of likely N-dealkylation sites (N-methyl/N-ethyl adjacent to an activating group) is 1. The quantitative estimate of drug-likeness (QED) is 0.804. The number of nitrogens with zero attached hydrogens (tertiary/aromatic N) is 1. The highest BCUT2D eigenvalue weighted by molar-refractivity contribution is 6.30. The predicted octanol–water partition coefficient (Wildman–Crippen LogP) is 3.74. The number of halogens is 1. The normalized spacial score (nSPS) is 11.7. The van der Waals surface area contributed by atoms with E-state index in [0.29, 0.717) is 18.0 Å². The van der Waals surface area contributed by atoms with E-state index in [1.165, 1.54) is 0 Å². The molecule has 2 amide bonds. The summed E-state index contributed by atoms with van der Waals surface area (Å²) in [5, 5.41) is 3.31. The topological polar surface area (TPSA) is 49.4 Å². The first-order valence-electron chi connectivity index (χ1n) is 8.76. The molecule has 1 atom stereocenters. The summed E-state index contributed by atoms with van der Waals surface area (Å²) in [7, 11) is 1.60. The van der Waals surface area contributed by atoms with Gasteiger partial charge in [0, 0.05) is 18.6 Å². The molecule has 0 bridgehead atoms. The van der Waals surface area contributed by atoms with E-state index < -0.39 is 6.04 Å². The molecule has 0 heterocycles. The molecule has 0 aromatic heterocycles. The van der Waals surface area contributed by atoms with Crippen LogP contribution in [0, 0.1) is 6.92 Å². The highest BCUT2D eigenvalue weighted by Crippen LogP contribution is 2.17. The molecule has 0 saturated heterocycles. The second-order valence-corrected chi connectivity index (χ2v) is 6.73. The maximum Gasteiger partial charge on any atom is 0.242 e. The molecule has 0 aliphatic carbocycles. The van der Waals surface area contributed by atoms with Crippen LogP contribution in [0.4, 0.5) is 0 Å². The molecule has 0 fully saturated rings. The number of aryl methyl sites for hydroxylation is 1. The summed E-state index contributed by atoms with van der Waals surface area (Å²) in [6.45, 7) is 4.34. The lowest BCUT2D eigenvalue weighted by atomic mass is 10.0. The number of hydrogen-bond donors (Lipinski definition) is 1. The Hall–Kier alpha value is -2.33. The van der Waals surface area contributed by atoms with Crippen LogP contribution in [-0.4, -0.2) is 29.8 Å². The molecule has 0 aliphatic rings. The number of amides is 2. The second-order valence-electron chi connectivity index (χ2n) is 6.29. The van der Waals surface area contributed by atoms with E-state index in [2.05, 4.69) is 5.32 Å². The van der Waals surface area contributed by atoms with Crippen LogP contribution in [0.3, 0.4) is 0 Å². The van der Waals surface area contributed by atoms with Gasteiger partial charge >= 0.3 is 0 Å². The van der Waals surface area contributed by atoms with Gasteiger partial charge in [-0.05, 0) is 42.2 Å². The van der Waals surface area contributed by atoms with Gasteiger partial charge in [-0.25, -0.2) is 0 Å². The molecule has 1 N–H and O–H groups in total. The van der Waals surface area contributed by atoms with E-state index in [1.807, 2.05) is 50.2 Å². The Labute approximate surface area is 160 Å². The van der Waals surface area contributed by atoms with E-state index >= 15 is 0 Å². The molecule has 2 aromatic rings. The Morgan fingerprint density at radius 3 is 2.35 bits per heavy atom. The summed E-state index contributed by atoms with van der Waals surface area (Å²) in [5.74, 6) is -0.225. The van der Waals surface area contributed by atoms with Gasteiger partial charge in [-0.2, -0.15) is 0 Å². The number of carbonyl (C=O) groups excluding carboxylic acids is 2. The van der Waals surface area contributed by atoms with Gasteiger partial charge < -0.3 is 10.2 Å². The summed E-state index contributed by atoms with van der Waals surface area (Å²) in [4.78, 5) is 27.1. The van der Waals surface area contributed by atoms with Gasteiger partial charge in [-0.1, -0.05) is 54.9 Å². The number of carbonyl (C=O) groups is 2. The third kappa shape index (κ3) is 5.09. The van der Waals surface area contributed by atoms with E-state index in [4.69, 9.17) is 11.6 Å². The largest absolute Gasteiger partial charge is 0.357 e. The molecule has 0 unspecified atom stereocenters. The molecule has 0 spiro atoms. The summed E-state index contributed by atoms with van der Waals surface area (Å²) in [5.41, 5.74) is 3.02. The molecule has 5 heteroatoms. The minimum atomic E-state index is -0.501. The number of hydrogen-bond acceptors (Lipinski definition) is 2. The maximum atomic E-state index is 13.0. The van der Waals surface area contributed by atoms with Crippen LogP contribution < -0.4 is 5.32 Å². The highest BCUT2D eigenvalue weighted by atomic mass is 35.5. The number of rotatable bonds is 7. The molecule has 26 heavy (non-hydrogen) atoms. The molecule has 0 saturated carbocycles. The van der Waals surface area contributed by atoms with Crippen LogP contribution in [0.5, 0.6) is 0 Å². The van der Waals surface area contributed by atoms with Gasteiger partial charge in [0.15, 0.2) is 0 Å². The van der Waals surface area contributed by atoms with Crippen LogP contribution in [0.2, 0.25) is 5.02 Å². The monoisotopic (exact) mass is 372 g/mol. The van der Waals surface area contributed by atoms with Crippen molar-refractivity contribution in [2.24, 2.45) is 0 Å². The fourth-order valence-corrected chi connectivity index (χ4v) is 3.06. The molecular formula is C21H25ClN2O2. The number of benzene rings is 2. The van der Waals surface area contributed by atoms with Crippen molar-refractivity contribution in [2.75, 3.05) is 7.05 Å².